The fourth-order valence-electron chi connectivity index (χ4n) is 3.48. The average molecular weight is 459 g/mol. The van der Waals surface area contributed by atoms with Crippen LogP contribution in [0.3, 0.4) is 0 Å². The molecule has 0 unspecified atom stereocenters. The van der Waals surface area contributed by atoms with Crippen molar-refractivity contribution in [3.8, 4) is 5.69 Å². The van der Waals surface area contributed by atoms with Crippen LogP contribution in [0.1, 0.15) is 17.2 Å². The van der Waals surface area contributed by atoms with Crippen LogP contribution in [0.15, 0.2) is 84.0 Å². The number of para-hydroxylation sites is 1. The second-order valence-electron chi connectivity index (χ2n) is 7.20. The molecule has 0 amide bonds. The van der Waals surface area contributed by atoms with Crippen LogP contribution in [0.5, 0.6) is 0 Å². The quantitative estimate of drug-likeness (QED) is 0.346. The number of hydrogen-bond acceptors (Lipinski definition) is 6. The zero-order valence-corrected chi connectivity index (χ0v) is 18.6. The number of hydrogen-bond donors (Lipinski definition) is 1. The first-order chi connectivity index (χ1) is 15.7. The van der Waals surface area contributed by atoms with E-state index in [0.29, 0.717) is 28.8 Å². The summed E-state index contributed by atoms with van der Waals surface area (Å²) in [7, 11) is 0. The van der Waals surface area contributed by atoms with E-state index in [4.69, 9.17) is 17.3 Å². The van der Waals surface area contributed by atoms with Crippen molar-refractivity contribution in [3.05, 3.63) is 101 Å². The van der Waals surface area contributed by atoms with E-state index in [0.717, 1.165) is 33.1 Å². The number of nitrogen functional groups attached to an aromatic ring is 1. The first kappa shape index (κ1) is 20.5. The van der Waals surface area contributed by atoms with Gasteiger partial charge in [0.1, 0.15) is 17.5 Å². The minimum Gasteiger partial charge on any atom is -0.383 e. The van der Waals surface area contributed by atoms with Gasteiger partial charge in [0.2, 0.25) is 0 Å². The van der Waals surface area contributed by atoms with Gasteiger partial charge in [0.25, 0.3) is 0 Å². The van der Waals surface area contributed by atoms with Crippen LogP contribution in [0.25, 0.3) is 16.6 Å². The van der Waals surface area contributed by atoms with Gasteiger partial charge in [-0.2, -0.15) is 0 Å². The molecule has 32 heavy (non-hydrogen) atoms. The van der Waals surface area contributed by atoms with E-state index in [1.807, 2.05) is 66.7 Å². The molecule has 2 aromatic heterocycles. The molecule has 0 fully saturated rings. The van der Waals surface area contributed by atoms with Crippen molar-refractivity contribution in [3.63, 3.8) is 0 Å². The second-order valence-corrected chi connectivity index (χ2v) is 8.58. The number of fused-ring (bicyclic) bond motifs is 1. The van der Waals surface area contributed by atoms with Crippen LogP contribution in [0, 0.1) is 0 Å². The van der Waals surface area contributed by atoms with Crippen LogP contribution < -0.4 is 5.73 Å². The lowest BCUT2D eigenvalue weighted by molar-refractivity contribution is 0.846. The van der Waals surface area contributed by atoms with Crippen LogP contribution in [-0.4, -0.2) is 24.7 Å². The number of anilines is 1. The first-order valence-corrected chi connectivity index (χ1v) is 11.4. The van der Waals surface area contributed by atoms with Gasteiger partial charge < -0.3 is 5.73 Å². The molecule has 5 aromatic rings. The van der Waals surface area contributed by atoms with Crippen LogP contribution in [-0.2, 0) is 12.2 Å². The minimum absolute atomic E-state index is 0.482. The van der Waals surface area contributed by atoms with Gasteiger partial charge in [-0.25, -0.2) is 9.97 Å². The molecule has 0 aliphatic carbocycles. The number of thioether (sulfide) groups is 1. The van der Waals surface area contributed by atoms with Gasteiger partial charge in [0.15, 0.2) is 5.16 Å². The number of rotatable bonds is 6. The fraction of sp³-hybridized carbons (Fsp3) is 0.0833. The molecule has 0 spiro atoms. The maximum atomic E-state index is 6.15. The highest BCUT2D eigenvalue weighted by Gasteiger charge is 2.16. The third kappa shape index (κ3) is 4.30. The number of benzene rings is 3. The minimum atomic E-state index is 0.482. The van der Waals surface area contributed by atoms with Gasteiger partial charge in [-0.3, -0.25) is 4.57 Å². The summed E-state index contributed by atoms with van der Waals surface area (Å²) in [6, 6.07) is 25.6. The highest BCUT2D eigenvalue weighted by atomic mass is 35.5. The third-order valence-electron chi connectivity index (χ3n) is 5.00. The molecule has 6 nitrogen and oxygen atoms in total. The molecule has 8 heteroatoms. The van der Waals surface area contributed by atoms with Crippen molar-refractivity contribution in [2.45, 2.75) is 17.3 Å². The predicted octanol–water partition coefficient (Wildman–Crippen LogP) is 5.33. The summed E-state index contributed by atoms with van der Waals surface area (Å²) in [5.74, 6) is 2.50. The molecule has 158 valence electrons. The predicted molar refractivity (Wildman–Crippen MR) is 129 cm³/mol. The van der Waals surface area contributed by atoms with Crippen molar-refractivity contribution in [2.24, 2.45) is 0 Å². The molecule has 2 N–H and O–H groups in total. The second kappa shape index (κ2) is 8.98. The lowest BCUT2D eigenvalue weighted by Crippen LogP contribution is -2.04. The Morgan fingerprint density at radius 1 is 0.844 bits per heavy atom. The Bertz CT molecular complexity index is 1370. The molecular formula is C24H19ClN6S. The zero-order valence-electron chi connectivity index (χ0n) is 17.0. The molecule has 0 saturated heterocycles. The number of aromatic nitrogens is 5. The summed E-state index contributed by atoms with van der Waals surface area (Å²) in [5, 5.41) is 11.2. The maximum absolute atomic E-state index is 6.15. The number of nitrogens with two attached hydrogens (primary N) is 1. The third-order valence-corrected chi connectivity index (χ3v) is 6.18. The zero-order chi connectivity index (χ0) is 21.9. The standard InChI is InChI=1S/C24H19ClN6S/c25-17-10-12-18(13-11-17)31-22(14-16-6-2-1-3-7-16)29-30-24(31)32-15-21-27-20-9-5-4-8-19(20)23(26)28-21/h1-13H,14-15H2,(H2,26,27,28). The topological polar surface area (TPSA) is 82.5 Å². The fourth-order valence-corrected chi connectivity index (χ4v) is 4.43. The van der Waals surface area contributed by atoms with Gasteiger partial charge >= 0.3 is 0 Å². The highest BCUT2D eigenvalue weighted by Crippen LogP contribution is 2.27. The van der Waals surface area contributed by atoms with Crippen molar-refractivity contribution in [1.82, 2.24) is 24.7 Å². The van der Waals surface area contributed by atoms with E-state index in [-0.39, 0.29) is 0 Å². The normalized spacial score (nSPS) is 11.2. The molecule has 3 aromatic carbocycles. The van der Waals surface area contributed by atoms with E-state index in [1.54, 1.807) is 0 Å². The first-order valence-electron chi connectivity index (χ1n) is 10.1. The maximum Gasteiger partial charge on any atom is 0.196 e. The largest absolute Gasteiger partial charge is 0.383 e. The Balaban J connectivity index is 1.47. The van der Waals surface area contributed by atoms with Gasteiger partial charge in [-0.1, -0.05) is 65.8 Å². The Morgan fingerprint density at radius 2 is 1.59 bits per heavy atom. The van der Waals surface area contributed by atoms with E-state index in [9.17, 15) is 0 Å². The smallest absolute Gasteiger partial charge is 0.196 e. The number of nitrogens with zero attached hydrogens (tertiary/aromatic N) is 5. The SMILES string of the molecule is Nc1nc(CSc2nnc(Cc3ccccc3)n2-c2ccc(Cl)cc2)nc2ccccc12. The molecule has 2 heterocycles. The van der Waals surface area contributed by atoms with Crippen LogP contribution in [0.4, 0.5) is 5.82 Å². The van der Waals surface area contributed by atoms with Gasteiger partial charge in [-0.05, 0) is 42.0 Å². The summed E-state index contributed by atoms with van der Waals surface area (Å²) < 4.78 is 2.05. The molecule has 0 saturated carbocycles. The summed E-state index contributed by atoms with van der Waals surface area (Å²) in [6.45, 7) is 0. The van der Waals surface area contributed by atoms with Crippen molar-refractivity contribution in [2.75, 3.05) is 5.73 Å². The lowest BCUT2D eigenvalue weighted by Gasteiger charge is -2.11. The summed E-state index contributed by atoms with van der Waals surface area (Å²) in [6.07, 6.45) is 0.663. The molecule has 0 aliphatic heterocycles. The monoisotopic (exact) mass is 458 g/mol. The average Bonchev–Trinajstić information content (AvgIpc) is 3.21. The van der Waals surface area contributed by atoms with E-state index >= 15 is 0 Å². The van der Waals surface area contributed by atoms with Gasteiger partial charge in [0, 0.05) is 22.5 Å². The van der Waals surface area contributed by atoms with E-state index < -0.39 is 0 Å². The Hall–Kier alpha value is -3.42. The lowest BCUT2D eigenvalue weighted by atomic mass is 10.1. The van der Waals surface area contributed by atoms with Crippen LogP contribution >= 0.6 is 23.4 Å². The van der Waals surface area contributed by atoms with Crippen LogP contribution in [0.2, 0.25) is 5.02 Å². The molecular weight excluding hydrogens is 440 g/mol. The molecule has 0 radical (unpaired) electrons. The summed E-state index contributed by atoms with van der Waals surface area (Å²) in [4.78, 5) is 9.13. The summed E-state index contributed by atoms with van der Waals surface area (Å²) >= 11 is 7.64. The van der Waals surface area contributed by atoms with Gasteiger partial charge in [-0.15, -0.1) is 10.2 Å². The Kier molecular flexibility index (Phi) is 5.75. The molecule has 0 bridgehead atoms. The Morgan fingerprint density at radius 3 is 2.41 bits per heavy atom. The molecule has 0 atom stereocenters. The van der Waals surface area contributed by atoms with Crippen molar-refractivity contribution >= 4 is 40.1 Å². The van der Waals surface area contributed by atoms with Gasteiger partial charge in [0.05, 0.1) is 11.3 Å². The highest BCUT2D eigenvalue weighted by molar-refractivity contribution is 7.98. The summed E-state index contributed by atoms with van der Waals surface area (Å²) in [5.41, 5.74) is 9.09. The van der Waals surface area contributed by atoms with Crippen molar-refractivity contribution < 1.29 is 0 Å². The van der Waals surface area contributed by atoms with E-state index in [1.165, 1.54) is 11.8 Å². The molecule has 0 aliphatic rings. The van der Waals surface area contributed by atoms with Crippen molar-refractivity contribution in [1.29, 1.82) is 0 Å². The molecule has 5 rings (SSSR count). The Labute approximate surface area is 194 Å². The van der Waals surface area contributed by atoms with E-state index in [2.05, 4.69) is 36.9 Å². The number of halogens is 1.